The molecule has 2 aliphatic heterocycles. The van der Waals surface area contributed by atoms with Crippen LogP contribution in [-0.2, 0) is 4.79 Å². The maximum absolute atomic E-state index is 12.7. The van der Waals surface area contributed by atoms with Crippen LogP contribution in [-0.4, -0.2) is 61.5 Å². The Hall–Kier alpha value is -0.610. The van der Waals surface area contributed by atoms with Crippen LogP contribution in [0.5, 0.6) is 0 Å². The minimum absolute atomic E-state index is 0.178. The zero-order chi connectivity index (χ0) is 12.5. The first-order chi connectivity index (χ1) is 8.03. The van der Waals surface area contributed by atoms with Crippen molar-refractivity contribution in [3.8, 4) is 0 Å². The number of piperazine rings is 1. The third kappa shape index (κ3) is 2.63. The van der Waals surface area contributed by atoms with Gasteiger partial charge in [0.05, 0.1) is 5.41 Å². The van der Waals surface area contributed by atoms with Crippen LogP contribution in [0, 0.1) is 5.41 Å². The zero-order valence-corrected chi connectivity index (χ0v) is 11.3. The van der Waals surface area contributed by atoms with Gasteiger partial charge in [-0.1, -0.05) is 0 Å². The van der Waals surface area contributed by atoms with Crippen LogP contribution in [0.2, 0.25) is 0 Å². The Kier molecular flexibility index (Phi) is 3.73. The molecule has 2 unspecified atom stereocenters. The van der Waals surface area contributed by atoms with Gasteiger partial charge in [0.25, 0.3) is 0 Å². The number of rotatable bonds is 1. The lowest BCUT2D eigenvalue weighted by Crippen LogP contribution is -2.58. The second-order valence-electron chi connectivity index (χ2n) is 5.95. The Labute approximate surface area is 104 Å². The van der Waals surface area contributed by atoms with E-state index in [0.29, 0.717) is 11.9 Å². The summed E-state index contributed by atoms with van der Waals surface area (Å²) in [5.74, 6) is 0.352. The van der Waals surface area contributed by atoms with Crippen molar-refractivity contribution in [1.29, 1.82) is 0 Å². The minimum atomic E-state index is -0.178. The lowest BCUT2D eigenvalue weighted by Gasteiger charge is -2.44. The number of nitrogens with one attached hydrogen (secondary N) is 1. The van der Waals surface area contributed by atoms with E-state index in [1.807, 2.05) is 0 Å². The van der Waals surface area contributed by atoms with E-state index in [1.54, 1.807) is 0 Å². The highest BCUT2D eigenvalue weighted by molar-refractivity contribution is 5.83. The van der Waals surface area contributed by atoms with Gasteiger partial charge in [0, 0.05) is 32.2 Å². The molecule has 0 aromatic heterocycles. The smallest absolute Gasteiger partial charge is 0.230 e. The molecular weight excluding hydrogens is 214 g/mol. The number of likely N-dealkylation sites (N-methyl/N-ethyl adjacent to an activating group) is 1. The van der Waals surface area contributed by atoms with Gasteiger partial charge in [0.1, 0.15) is 0 Å². The number of hydrogen-bond donors (Lipinski definition) is 1. The van der Waals surface area contributed by atoms with Crippen LogP contribution in [0.1, 0.15) is 26.7 Å². The van der Waals surface area contributed by atoms with Gasteiger partial charge < -0.3 is 15.1 Å². The summed E-state index contributed by atoms with van der Waals surface area (Å²) in [6.45, 7) is 9.05. The molecule has 0 aromatic carbocycles. The molecule has 2 rings (SSSR count). The summed E-state index contributed by atoms with van der Waals surface area (Å²) in [4.78, 5) is 17.1. The molecule has 98 valence electrons. The van der Waals surface area contributed by atoms with Gasteiger partial charge in [0.2, 0.25) is 5.91 Å². The van der Waals surface area contributed by atoms with Gasteiger partial charge in [-0.3, -0.25) is 4.79 Å². The highest BCUT2D eigenvalue weighted by atomic mass is 16.2. The van der Waals surface area contributed by atoms with Crippen molar-refractivity contribution in [3.63, 3.8) is 0 Å². The summed E-state index contributed by atoms with van der Waals surface area (Å²) in [6, 6.07) is 0.347. The Bertz CT molecular complexity index is 286. The fourth-order valence-corrected chi connectivity index (χ4v) is 3.03. The number of hydrogen-bond acceptors (Lipinski definition) is 3. The lowest BCUT2D eigenvalue weighted by molar-refractivity contribution is -0.146. The Morgan fingerprint density at radius 1 is 1.41 bits per heavy atom. The number of amides is 1. The zero-order valence-electron chi connectivity index (χ0n) is 11.3. The number of carbonyl (C=O) groups excluding carboxylic acids is 1. The molecule has 0 radical (unpaired) electrons. The van der Waals surface area contributed by atoms with Crippen LogP contribution >= 0.6 is 0 Å². The summed E-state index contributed by atoms with van der Waals surface area (Å²) >= 11 is 0. The third-order valence-electron chi connectivity index (χ3n) is 4.21. The van der Waals surface area contributed by atoms with E-state index in [-0.39, 0.29) is 5.41 Å². The molecule has 2 aliphatic rings. The molecule has 2 atom stereocenters. The van der Waals surface area contributed by atoms with E-state index >= 15 is 0 Å². The van der Waals surface area contributed by atoms with Crippen molar-refractivity contribution in [2.75, 3.05) is 39.8 Å². The monoisotopic (exact) mass is 239 g/mol. The molecule has 17 heavy (non-hydrogen) atoms. The number of carbonyl (C=O) groups is 1. The second-order valence-corrected chi connectivity index (χ2v) is 5.95. The highest BCUT2D eigenvalue weighted by Crippen LogP contribution is 2.29. The molecule has 4 nitrogen and oxygen atoms in total. The molecule has 0 aliphatic carbocycles. The van der Waals surface area contributed by atoms with E-state index in [9.17, 15) is 4.79 Å². The van der Waals surface area contributed by atoms with Gasteiger partial charge in [-0.15, -0.1) is 0 Å². The molecular formula is C13H25N3O. The van der Waals surface area contributed by atoms with E-state index in [4.69, 9.17) is 0 Å². The van der Waals surface area contributed by atoms with Gasteiger partial charge >= 0.3 is 0 Å². The molecule has 0 saturated carbocycles. The second kappa shape index (κ2) is 4.94. The first-order valence-corrected chi connectivity index (χ1v) is 6.73. The first-order valence-electron chi connectivity index (χ1n) is 6.73. The maximum atomic E-state index is 12.7. The quantitative estimate of drug-likeness (QED) is 0.725. The molecule has 1 N–H and O–H groups in total. The van der Waals surface area contributed by atoms with Crippen molar-refractivity contribution < 1.29 is 4.79 Å². The van der Waals surface area contributed by atoms with E-state index in [0.717, 1.165) is 45.6 Å². The molecule has 0 bridgehead atoms. The van der Waals surface area contributed by atoms with Gasteiger partial charge in [-0.25, -0.2) is 0 Å². The van der Waals surface area contributed by atoms with Crippen LogP contribution in [0.15, 0.2) is 0 Å². The Morgan fingerprint density at radius 3 is 2.76 bits per heavy atom. The first kappa shape index (κ1) is 12.8. The SMILES string of the molecule is CC1CN(C)CCN1C(=O)C1(C)CCCNC1. The molecule has 1 amide bonds. The van der Waals surface area contributed by atoms with E-state index < -0.39 is 0 Å². The predicted molar refractivity (Wildman–Crippen MR) is 68.9 cm³/mol. The molecule has 4 heteroatoms. The van der Waals surface area contributed by atoms with Crippen molar-refractivity contribution in [3.05, 3.63) is 0 Å². The van der Waals surface area contributed by atoms with Crippen molar-refractivity contribution in [2.24, 2.45) is 5.41 Å². The summed E-state index contributed by atoms with van der Waals surface area (Å²) < 4.78 is 0. The van der Waals surface area contributed by atoms with E-state index in [2.05, 4.69) is 36.0 Å². The van der Waals surface area contributed by atoms with Crippen molar-refractivity contribution in [2.45, 2.75) is 32.7 Å². The fourth-order valence-electron chi connectivity index (χ4n) is 3.03. The van der Waals surface area contributed by atoms with Crippen LogP contribution in [0.3, 0.4) is 0 Å². The number of piperidine rings is 1. The standard InChI is InChI=1S/C13H25N3O/c1-11-9-15(3)7-8-16(11)12(17)13(2)5-4-6-14-10-13/h11,14H,4-10H2,1-3H3. The molecule has 2 heterocycles. The lowest BCUT2D eigenvalue weighted by atomic mass is 9.81. The van der Waals surface area contributed by atoms with Gasteiger partial charge in [-0.05, 0) is 40.3 Å². The normalized spacial score (nSPS) is 35.9. The third-order valence-corrected chi connectivity index (χ3v) is 4.21. The van der Waals surface area contributed by atoms with E-state index in [1.165, 1.54) is 0 Å². The highest BCUT2D eigenvalue weighted by Gasteiger charge is 2.40. The summed E-state index contributed by atoms with van der Waals surface area (Å²) in [5, 5.41) is 3.36. The number of nitrogens with zero attached hydrogens (tertiary/aromatic N) is 2. The van der Waals surface area contributed by atoms with Gasteiger partial charge in [0.15, 0.2) is 0 Å². The van der Waals surface area contributed by atoms with Crippen LogP contribution in [0.25, 0.3) is 0 Å². The average Bonchev–Trinajstić information content (AvgIpc) is 2.29. The fraction of sp³-hybridized carbons (Fsp3) is 0.923. The van der Waals surface area contributed by atoms with Crippen LogP contribution < -0.4 is 5.32 Å². The molecule has 0 aromatic rings. The Balaban J connectivity index is 2.03. The summed E-state index contributed by atoms with van der Waals surface area (Å²) in [7, 11) is 2.13. The largest absolute Gasteiger partial charge is 0.337 e. The maximum Gasteiger partial charge on any atom is 0.230 e. The Morgan fingerprint density at radius 2 is 2.18 bits per heavy atom. The minimum Gasteiger partial charge on any atom is -0.337 e. The van der Waals surface area contributed by atoms with Gasteiger partial charge in [-0.2, -0.15) is 0 Å². The van der Waals surface area contributed by atoms with Crippen molar-refractivity contribution in [1.82, 2.24) is 15.1 Å². The molecule has 2 fully saturated rings. The average molecular weight is 239 g/mol. The molecule has 2 saturated heterocycles. The molecule has 0 spiro atoms. The van der Waals surface area contributed by atoms with Crippen molar-refractivity contribution >= 4 is 5.91 Å². The van der Waals surface area contributed by atoms with Crippen LogP contribution in [0.4, 0.5) is 0 Å². The topological polar surface area (TPSA) is 35.6 Å². The summed E-state index contributed by atoms with van der Waals surface area (Å²) in [6.07, 6.45) is 2.14. The predicted octanol–water partition coefficient (Wildman–Crippen LogP) is 0.539. The summed E-state index contributed by atoms with van der Waals surface area (Å²) in [5.41, 5.74) is -0.178.